The van der Waals surface area contributed by atoms with Crippen LogP contribution in [0.1, 0.15) is 26.2 Å². The largest absolute Gasteiger partial charge is 0.330 e. The summed E-state index contributed by atoms with van der Waals surface area (Å²) in [6.07, 6.45) is 3.85. The maximum atomic E-state index is 5.79. The lowest BCUT2D eigenvalue weighted by Gasteiger charge is -2.24. The van der Waals surface area contributed by atoms with E-state index in [1.807, 2.05) is 0 Å². The predicted molar refractivity (Wildman–Crippen MR) is 66.0 cm³/mol. The summed E-state index contributed by atoms with van der Waals surface area (Å²) in [7, 11) is 4.36. The summed E-state index contributed by atoms with van der Waals surface area (Å²) < 4.78 is 0. The first-order chi connectivity index (χ1) is 7.17. The van der Waals surface area contributed by atoms with Crippen molar-refractivity contribution < 1.29 is 0 Å². The Kier molecular flexibility index (Phi) is 5.58. The molecule has 0 radical (unpaired) electrons. The Morgan fingerprint density at radius 1 is 1.47 bits per heavy atom. The fraction of sp³-hybridized carbons (Fsp3) is 1.00. The van der Waals surface area contributed by atoms with Crippen LogP contribution in [0, 0.1) is 5.92 Å². The molecule has 15 heavy (non-hydrogen) atoms. The third kappa shape index (κ3) is 4.09. The van der Waals surface area contributed by atoms with Crippen molar-refractivity contribution in [3.8, 4) is 0 Å². The van der Waals surface area contributed by atoms with E-state index >= 15 is 0 Å². The van der Waals surface area contributed by atoms with E-state index in [0.29, 0.717) is 5.92 Å². The Morgan fingerprint density at radius 2 is 2.20 bits per heavy atom. The summed E-state index contributed by atoms with van der Waals surface area (Å²) in [5.41, 5.74) is 5.79. The number of likely N-dealkylation sites (tertiary alicyclic amines) is 1. The van der Waals surface area contributed by atoms with Gasteiger partial charge in [-0.2, -0.15) is 0 Å². The monoisotopic (exact) mass is 213 g/mol. The molecular weight excluding hydrogens is 186 g/mol. The van der Waals surface area contributed by atoms with Gasteiger partial charge >= 0.3 is 0 Å². The number of hydrogen-bond acceptors (Lipinski definition) is 3. The van der Waals surface area contributed by atoms with E-state index in [2.05, 4.69) is 30.8 Å². The number of hydrogen-bond donors (Lipinski definition) is 1. The van der Waals surface area contributed by atoms with Crippen molar-refractivity contribution in [3.63, 3.8) is 0 Å². The Bertz CT molecular complexity index is 170. The van der Waals surface area contributed by atoms with Crippen molar-refractivity contribution in [1.29, 1.82) is 0 Å². The predicted octanol–water partition coefficient (Wildman–Crippen LogP) is 0.997. The van der Waals surface area contributed by atoms with Crippen LogP contribution in [0.4, 0.5) is 0 Å². The van der Waals surface area contributed by atoms with Crippen molar-refractivity contribution >= 4 is 0 Å². The number of rotatable bonds is 6. The van der Waals surface area contributed by atoms with Crippen LogP contribution >= 0.6 is 0 Å². The van der Waals surface area contributed by atoms with Gasteiger partial charge in [0.1, 0.15) is 0 Å². The maximum absolute atomic E-state index is 5.79. The molecule has 1 aliphatic rings. The molecule has 2 atom stereocenters. The molecule has 0 aromatic heterocycles. The molecule has 3 nitrogen and oxygen atoms in total. The number of nitrogens with two attached hydrogens (primary N) is 1. The van der Waals surface area contributed by atoms with Gasteiger partial charge in [-0.1, -0.05) is 13.3 Å². The molecule has 0 aromatic rings. The highest BCUT2D eigenvalue weighted by molar-refractivity contribution is 4.82. The maximum Gasteiger partial charge on any atom is 0.0229 e. The van der Waals surface area contributed by atoms with Gasteiger partial charge < -0.3 is 15.5 Å². The minimum atomic E-state index is 0.705. The average Bonchev–Trinajstić information content (AvgIpc) is 2.65. The Morgan fingerprint density at radius 3 is 2.67 bits per heavy atom. The zero-order valence-corrected chi connectivity index (χ0v) is 10.6. The normalized spacial score (nSPS) is 25.0. The zero-order chi connectivity index (χ0) is 11.3. The smallest absolute Gasteiger partial charge is 0.0229 e. The summed E-state index contributed by atoms with van der Waals surface area (Å²) >= 11 is 0. The van der Waals surface area contributed by atoms with Crippen LogP contribution in [-0.2, 0) is 0 Å². The van der Waals surface area contributed by atoms with Gasteiger partial charge in [-0.25, -0.2) is 0 Å². The number of nitrogens with zero attached hydrogens (tertiary/aromatic N) is 2. The summed E-state index contributed by atoms with van der Waals surface area (Å²) in [6, 6.07) is 0.755. The van der Waals surface area contributed by atoms with Crippen LogP contribution in [-0.4, -0.2) is 56.1 Å². The second-order valence-corrected chi connectivity index (χ2v) is 5.06. The van der Waals surface area contributed by atoms with E-state index < -0.39 is 0 Å². The van der Waals surface area contributed by atoms with Crippen LogP contribution in [0.3, 0.4) is 0 Å². The Labute approximate surface area is 94.6 Å². The molecule has 0 aromatic carbocycles. The molecule has 1 aliphatic heterocycles. The highest BCUT2D eigenvalue weighted by atomic mass is 15.2. The van der Waals surface area contributed by atoms with E-state index in [1.165, 1.54) is 38.9 Å². The van der Waals surface area contributed by atoms with Gasteiger partial charge in [0.25, 0.3) is 0 Å². The van der Waals surface area contributed by atoms with E-state index in [9.17, 15) is 0 Å². The first-order valence-corrected chi connectivity index (χ1v) is 6.26. The fourth-order valence-electron chi connectivity index (χ4n) is 2.46. The Hall–Kier alpha value is -0.120. The van der Waals surface area contributed by atoms with Crippen LogP contribution in [0.2, 0.25) is 0 Å². The lowest BCUT2D eigenvalue weighted by molar-refractivity contribution is 0.238. The average molecular weight is 213 g/mol. The quantitative estimate of drug-likeness (QED) is 0.714. The van der Waals surface area contributed by atoms with Gasteiger partial charge in [-0.3, -0.25) is 0 Å². The van der Waals surface area contributed by atoms with Gasteiger partial charge in [0.05, 0.1) is 0 Å². The summed E-state index contributed by atoms with van der Waals surface area (Å²) in [6.45, 7) is 6.77. The molecule has 1 heterocycles. The van der Waals surface area contributed by atoms with Gasteiger partial charge in [0.15, 0.2) is 0 Å². The van der Waals surface area contributed by atoms with Crippen molar-refractivity contribution in [2.24, 2.45) is 11.7 Å². The van der Waals surface area contributed by atoms with Gasteiger partial charge in [-0.15, -0.1) is 0 Å². The first-order valence-electron chi connectivity index (χ1n) is 6.26. The highest BCUT2D eigenvalue weighted by Gasteiger charge is 2.25. The van der Waals surface area contributed by atoms with Crippen LogP contribution in [0.5, 0.6) is 0 Å². The van der Waals surface area contributed by atoms with Gasteiger partial charge in [-0.05, 0) is 45.9 Å². The lowest BCUT2D eigenvalue weighted by Crippen LogP contribution is -2.35. The van der Waals surface area contributed by atoms with E-state index in [1.54, 1.807) is 0 Å². The second-order valence-electron chi connectivity index (χ2n) is 5.06. The minimum absolute atomic E-state index is 0.705. The molecule has 3 heteroatoms. The number of likely N-dealkylation sites (N-methyl/N-ethyl adjacent to an activating group) is 1. The second kappa shape index (κ2) is 6.46. The molecule has 0 aliphatic carbocycles. The highest BCUT2D eigenvalue weighted by Crippen LogP contribution is 2.16. The molecule has 0 bridgehead atoms. The van der Waals surface area contributed by atoms with Crippen molar-refractivity contribution in [3.05, 3.63) is 0 Å². The van der Waals surface area contributed by atoms with Crippen molar-refractivity contribution in [1.82, 2.24) is 9.80 Å². The standard InChI is InChI=1S/C12H27N3/c1-4-5-11(8-13)9-15-7-6-12(10-15)14(2)3/h11-12H,4-10,13H2,1-3H3. The summed E-state index contributed by atoms with van der Waals surface area (Å²) in [4.78, 5) is 4.93. The van der Waals surface area contributed by atoms with Crippen molar-refractivity contribution in [2.75, 3.05) is 40.3 Å². The molecule has 0 spiro atoms. The summed E-state index contributed by atoms with van der Waals surface area (Å²) in [5.74, 6) is 0.705. The molecule has 1 saturated heterocycles. The van der Waals surface area contributed by atoms with E-state index in [-0.39, 0.29) is 0 Å². The lowest BCUT2D eigenvalue weighted by atomic mass is 10.0. The molecule has 90 valence electrons. The van der Waals surface area contributed by atoms with Crippen LogP contribution in [0.25, 0.3) is 0 Å². The van der Waals surface area contributed by atoms with Crippen molar-refractivity contribution in [2.45, 2.75) is 32.2 Å². The third-order valence-electron chi connectivity index (χ3n) is 3.52. The zero-order valence-electron chi connectivity index (χ0n) is 10.6. The molecule has 1 rings (SSSR count). The minimum Gasteiger partial charge on any atom is -0.330 e. The molecule has 1 fully saturated rings. The third-order valence-corrected chi connectivity index (χ3v) is 3.52. The molecule has 2 N–H and O–H groups in total. The van der Waals surface area contributed by atoms with Crippen LogP contribution in [0.15, 0.2) is 0 Å². The summed E-state index contributed by atoms with van der Waals surface area (Å²) in [5, 5.41) is 0. The van der Waals surface area contributed by atoms with E-state index in [0.717, 1.165) is 12.6 Å². The van der Waals surface area contributed by atoms with Gasteiger partial charge in [0.2, 0.25) is 0 Å². The van der Waals surface area contributed by atoms with Gasteiger partial charge in [0, 0.05) is 19.1 Å². The fourth-order valence-corrected chi connectivity index (χ4v) is 2.46. The first kappa shape index (κ1) is 12.9. The molecule has 0 saturated carbocycles. The SMILES string of the molecule is CCCC(CN)CN1CCC(N(C)C)C1. The van der Waals surface area contributed by atoms with E-state index in [4.69, 9.17) is 5.73 Å². The molecule has 2 unspecified atom stereocenters. The Balaban J connectivity index is 2.27. The topological polar surface area (TPSA) is 32.5 Å². The molecular formula is C12H27N3. The van der Waals surface area contributed by atoms with Crippen LogP contribution < -0.4 is 5.73 Å². The molecule has 0 amide bonds.